The van der Waals surface area contributed by atoms with Crippen molar-refractivity contribution in [2.24, 2.45) is 5.73 Å². The first kappa shape index (κ1) is 19.2. The zero-order valence-corrected chi connectivity index (χ0v) is 15.5. The molecule has 0 bridgehead atoms. The highest BCUT2D eigenvalue weighted by Gasteiger charge is 2.23. The molecule has 0 fully saturated rings. The third-order valence-corrected chi connectivity index (χ3v) is 4.93. The average Bonchev–Trinajstić information content (AvgIpc) is 2.58. The first-order valence-electron chi connectivity index (χ1n) is 7.75. The zero-order valence-electron chi connectivity index (χ0n) is 14.0. The van der Waals surface area contributed by atoms with Crippen LogP contribution in [0, 0.1) is 0 Å². The minimum Gasteiger partial charge on any atom is -0.366 e. The predicted octanol–water partition coefficient (Wildman–Crippen LogP) is 2.13. The van der Waals surface area contributed by atoms with Crippen molar-refractivity contribution in [2.45, 2.75) is 19.5 Å². The fourth-order valence-corrected chi connectivity index (χ4v) is 2.72. The maximum Gasteiger partial charge on any atom is 0.282 e. The highest BCUT2D eigenvalue weighted by Crippen LogP contribution is 2.24. The summed E-state index contributed by atoms with van der Waals surface area (Å²) >= 11 is 12.2. The van der Waals surface area contributed by atoms with Crippen molar-refractivity contribution in [3.05, 3.63) is 63.6 Å². The third-order valence-electron chi connectivity index (χ3n) is 4.07. The van der Waals surface area contributed by atoms with E-state index in [2.05, 4.69) is 5.32 Å². The van der Waals surface area contributed by atoms with Crippen LogP contribution in [-0.2, 0) is 11.3 Å². The Bertz CT molecular complexity index is 778. The number of quaternary nitrogens is 1. The maximum atomic E-state index is 12.4. The highest BCUT2D eigenvalue weighted by molar-refractivity contribution is 6.42. The molecule has 0 heterocycles. The summed E-state index contributed by atoms with van der Waals surface area (Å²) in [7, 11) is 1.91. The van der Waals surface area contributed by atoms with Gasteiger partial charge in [-0.2, -0.15) is 0 Å². The number of carbonyl (C=O) groups excluding carboxylic acids is 2. The van der Waals surface area contributed by atoms with Gasteiger partial charge in [0.1, 0.15) is 6.54 Å². The van der Waals surface area contributed by atoms with E-state index in [1.807, 2.05) is 26.1 Å². The van der Waals surface area contributed by atoms with Crippen LogP contribution in [0.3, 0.4) is 0 Å². The first-order valence-corrected chi connectivity index (χ1v) is 8.51. The fourth-order valence-electron chi connectivity index (χ4n) is 2.33. The summed E-state index contributed by atoms with van der Waals surface area (Å²) in [5, 5.41) is 3.84. The lowest BCUT2D eigenvalue weighted by molar-refractivity contribution is -0.907. The largest absolute Gasteiger partial charge is 0.366 e. The van der Waals surface area contributed by atoms with Crippen LogP contribution in [0.4, 0.5) is 5.69 Å². The lowest BCUT2D eigenvalue weighted by atomic mass is 10.1. The van der Waals surface area contributed by atoms with Crippen molar-refractivity contribution in [2.75, 3.05) is 12.4 Å². The molecule has 132 valence electrons. The van der Waals surface area contributed by atoms with Crippen molar-refractivity contribution in [1.29, 1.82) is 0 Å². The quantitative estimate of drug-likeness (QED) is 0.717. The molecule has 4 N–H and O–H groups in total. The molecule has 2 amide bonds. The molecule has 0 aliphatic carbocycles. The monoisotopic (exact) mass is 380 g/mol. The molecular formula is C18H20Cl2N3O2+. The zero-order chi connectivity index (χ0) is 18.6. The van der Waals surface area contributed by atoms with Crippen LogP contribution in [0.2, 0.25) is 10.0 Å². The number of hydrogen-bond donors (Lipinski definition) is 3. The Hall–Kier alpha value is -2.08. The van der Waals surface area contributed by atoms with Crippen molar-refractivity contribution in [1.82, 2.24) is 0 Å². The van der Waals surface area contributed by atoms with E-state index in [1.165, 1.54) is 0 Å². The van der Waals surface area contributed by atoms with E-state index in [0.29, 0.717) is 27.8 Å². The summed E-state index contributed by atoms with van der Waals surface area (Å²) in [6.45, 7) is 2.40. The molecule has 5 nitrogen and oxygen atoms in total. The van der Waals surface area contributed by atoms with Gasteiger partial charge in [-0.05, 0) is 37.3 Å². The van der Waals surface area contributed by atoms with Gasteiger partial charge >= 0.3 is 0 Å². The van der Waals surface area contributed by atoms with Gasteiger partial charge < -0.3 is 16.0 Å². The maximum absolute atomic E-state index is 12.4. The molecular weight excluding hydrogens is 361 g/mol. The van der Waals surface area contributed by atoms with Gasteiger partial charge in [0.05, 0.1) is 17.1 Å². The number of likely N-dealkylation sites (N-methyl/N-ethyl adjacent to an activating group) is 1. The van der Waals surface area contributed by atoms with Crippen LogP contribution in [-0.4, -0.2) is 24.9 Å². The normalized spacial score (nSPS) is 13.1. The average molecular weight is 381 g/mol. The summed E-state index contributed by atoms with van der Waals surface area (Å²) < 4.78 is 0. The van der Waals surface area contributed by atoms with Crippen LogP contribution in [0.1, 0.15) is 22.8 Å². The molecule has 25 heavy (non-hydrogen) atoms. The molecule has 2 rings (SSSR count). The van der Waals surface area contributed by atoms with Crippen LogP contribution in [0.5, 0.6) is 0 Å². The van der Waals surface area contributed by atoms with Crippen molar-refractivity contribution < 1.29 is 14.5 Å². The SMILES string of the molecule is C[C@@H](C(=O)Nc1ccc(C(N)=O)cc1)[NH+](C)Cc1cccc(Cl)c1Cl. The molecule has 0 spiro atoms. The van der Waals surface area contributed by atoms with Gasteiger partial charge in [-0.1, -0.05) is 35.3 Å². The number of rotatable bonds is 6. The topological polar surface area (TPSA) is 76.6 Å². The summed E-state index contributed by atoms with van der Waals surface area (Å²) in [6.07, 6.45) is 0. The fraction of sp³-hybridized carbons (Fsp3) is 0.222. The van der Waals surface area contributed by atoms with Crippen LogP contribution in [0.25, 0.3) is 0 Å². The number of nitrogens with two attached hydrogens (primary N) is 1. The number of carbonyl (C=O) groups is 2. The molecule has 2 aromatic carbocycles. The van der Waals surface area contributed by atoms with E-state index < -0.39 is 5.91 Å². The summed E-state index contributed by atoms with van der Waals surface area (Å²) in [4.78, 5) is 24.5. The summed E-state index contributed by atoms with van der Waals surface area (Å²) in [5.74, 6) is -0.642. The van der Waals surface area contributed by atoms with Crippen LogP contribution >= 0.6 is 23.2 Å². The van der Waals surface area contributed by atoms with E-state index in [1.54, 1.807) is 30.3 Å². The van der Waals surface area contributed by atoms with Gasteiger partial charge in [0.2, 0.25) is 5.91 Å². The van der Waals surface area contributed by atoms with Crippen LogP contribution in [0.15, 0.2) is 42.5 Å². The van der Waals surface area contributed by atoms with Crippen molar-refractivity contribution in [3.8, 4) is 0 Å². The minimum atomic E-state index is -0.506. The smallest absolute Gasteiger partial charge is 0.282 e. The number of primary amides is 1. The number of benzene rings is 2. The molecule has 0 saturated heterocycles. The molecule has 0 radical (unpaired) electrons. The summed E-state index contributed by atoms with van der Waals surface area (Å²) in [6, 6.07) is 11.6. The Morgan fingerprint density at radius 3 is 2.40 bits per heavy atom. The molecule has 7 heteroatoms. The standard InChI is InChI=1S/C18H19Cl2N3O2/c1-11(23(2)10-13-4-3-5-15(19)16(13)20)18(25)22-14-8-6-12(7-9-14)17(21)24/h3-9,11H,10H2,1-2H3,(H2,21,24)(H,22,25)/p+1/t11-/m0/s1. The van der Waals surface area contributed by atoms with Gasteiger partial charge in [-0.3, -0.25) is 9.59 Å². The van der Waals surface area contributed by atoms with E-state index in [4.69, 9.17) is 28.9 Å². The lowest BCUT2D eigenvalue weighted by Crippen LogP contribution is -3.12. The number of hydrogen-bond acceptors (Lipinski definition) is 2. The minimum absolute atomic E-state index is 0.137. The third kappa shape index (κ3) is 4.95. The second-order valence-electron chi connectivity index (χ2n) is 5.89. The van der Waals surface area contributed by atoms with Gasteiger partial charge in [0, 0.05) is 16.8 Å². The number of amides is 2. The van der Waals surface area contributed by atoms with E-state index in [0.717, 1.165) is 10.5 Å². The number of anilines is 1. The Labute approximate surface area is 156 Å². The van der Waals surface area contributed by atoms with Crippen molar-refractivity contribution >= 4 is 40.7 Å². The molecule has 0 saturated carbocycles. The molecule has 2 aromatic rings. The van der Waals surface area contributed by atoms with E-state index in [-0.39, 0.29) is 11.9 Å². The predicted molar refractivity (Wildman–Crippen MR) is 100 cm³/mol. The number of nitrogens with one attached hydrogen (secondary N) is 2. The Balaban J connectivity index is 2.01. The van der Waals surface area contributed by atoms with Gasteiger partial charge in [-0.25, -0.2) is 0 Å². The molecule has 1 unspecified atom stereocenters. The van der Waals surface area contributed by atoms with E-state index in [9.17, 15) is 9.59 Å². The highest BCUT2D eigenvalue weighted by atomic mass is 35.5. The second kappa shape index (κ2) is 8.34. The molecule has 2 atom stereocenters. The van der Waals surface area contributed by atoms with E-state index >= 15 is 0 Å². The lowest BCUT2D eigenvalue weighted by Gasteiger charge is -2.21. The van der Waals surface area contributed by atoms with Gasteiger partial charge in [-0.15, -0.1) is 0 Å². The molecule has 0 aliphatic heterocycles. The van der Waals surface area contributed by atoms with Gasteiger partial charge in [0.25, 0.3) is 5.91 Å². The Kier molecular flexibility index (Phi) is 6.42. The molecule has 0 aromatic heterocycles. The van der Waals surface area contributed by atoms with Crippen molar-refractivity contribution in [3.63, 3.8) is 0 Å². The summed E-state index contributed by atoms with van der Waals surface area (Å²) in [5.41, 5.74) is 7.09. The first-order chi connectivity index (χ1) is 11.8. The molecule has 0 aliphatic rings. The Morgan fingerprint density at radius 2 is 1.80 bits per heavy atom. The van der Waals surface area contributed by atoms with Gasteiger partial charge in [0.15, 0.2) is 6.04 Å². The second-order valence-corrected chi connectivity index (χ2v) is 6.67. The number of halogens is 2. The van der Waals surface area contributed by atoms with Crippen LogP contribution < -0.4 is 16.0 Å². The Morgan fingerprint density at radius 1 is 1.16 bits per heavy atom.